The molecule has 0 spiro atoms. The van der Waals surface area contributed by atoms with Crippen LogP contribution in [-0.4, -0.2) is 39.9 Å². The van der Waals surface area contributed by atoms with Crippen molar-refractivity contribution < 1.29 is 14.7 Å². The molecule has 0 atom stereocenters. The number of anilines is 1. The Kier molecular flexibility index (Phi) is 4.95. The lowest BCUT2D eigenvalue weighted by molar-refractivity contribution is -0.137. The summed E-state index contributed by atoms with van der Waals surface area (Å²) < 4.78 is 1.30. The number of rotatable bonds is 6. The Morgan fingerprint density at radius 2 is 2.19 bits per heavy atom. The number of hydrogen-bond donors (Lipinski definition) is 3. The van der Waals surface area contributed by atoms with Crippen LogP contribution in [0.25, 0.3) is 0 Å². The van der Waals surface area contributed by atoms with E-state index in [0.29, 0.717) is 5.69 Å². The Hall–Kier alpha value is -1.89. The van der Waals surface area contributed by atoms with Gasteiger partial charge in [0.1, 0.15) is 6.54 Å². The van der Waals surface area contributed by atoms with E-state index in [1.54, 1.807) is 6.20 Å². The summed E-state index contributed by atoms with van der Waals surface area (Å²) in [5, 5.41) is 18.8. The minimum Gasteiger partial charge on any atom is -0.480 e. The molecule has 0 aliphatic carbocycles. The number of nitrogens with zero attached hydrogens (tertiary/aromatic N) is 2. The lowest BCUT2D eigenvalue weighted by Crippen LogP contribution is -2.44. The smallest absolute Gasteiger partial charge is 0.325 e. The molecule has 0 bridgehead atoms. The summed E-state index contributed by atoms with van der Waals surface area (Å²) in [5.41, 5.74) is 0.227. The summed E-state index contributed by atoms with van der Waals surface area (Å²) in [6, 6.07) is 0. The molecule has 1 aromatic rings. The van der Waals surface area contributed by atoms with Crippen LogP contribution in [0.5, 0.6) is 0 Å². The van der Waals surface area contributed by atoms with Crippen LogP contribution in [0.2, 0.25) is 0 Å². The first-order valence-electron chi connectivity index (χ1n) is 7.32. The van der Waals surface area contributed by atoms with E-state index >= 15 is 0 Å². The fourth-order valence-corrected chi connectivity index (χ4v) is 2.89. The quantitative estimate of drug-likeness (QED) is 0.729. The number of amides is 1. The first kappa shape index (κ1) is 15.5. The first-order chi connectivity index (χ1) is 10.1. The van der Waals surface area contributed by atoms with Crippen LogP contribution in [0.15, 0.2) is 12.4 Å². The van der Waals surface area contributed by atoms with Gasteiger partial charge in [-0.1, -0.05) is 13.3 Å². The minimum absolute atomic E-state index is 0.0146. The highest BCUT2D eigenvalue weighted by Gasteiger charge is 2.38. The van der Waals surface area contributed by atoms with Crippen LogP contribution in [0, 0.1) is 5.41 Å². The molecule has 1 aliphatic heterocycles. The lowest BCUT2D eigenvalue weighted by atomic mass is 9.74. The van der Waals surface area contributed by atoms with Gasteiger partial charge in [0.05, 0.1) is 17.3 Å². The molecule has 7 nitrogen and oxygen atoms in total. The standard InChI is InChI=1S/C14H22N4O3/c1-2-3-14(4-6-15-7-5-14)13(21)17-11-8-16-18(9-11)10-12(19)20/h8-9,15H,2-7,10H2,1H3,(H,17,21)(H,19,20). The fraction of sp³-hybridized carbons (Fsp3) is 0.643. The molecule has 1 aromatic heterocycles. The van der Waals surface area contributed by atoms with E-state index in [0.717, 1.165) is 38.8 Å². The van der Waals surface area contributed by atoms with E-state index in [1.807, 2.05) is 0 Å². The molecule has 116 valence electrons. The van der Waals surface area contributed by atoms with Crippen molar-refractivity contribution in [1.29, 1.82) is 0 Å². The Bertz CT molecular complexity index is 501. The second kappa shape index (κ2) is 6.71. The van der Waals surface area contributed by atoms with Crippen molar-refractivity contribution in [3.05, 3.63) is 12.4 Å². The van der Waals surface area contributed by atoms with Crippen LogP contribution < -0.4 is 10.6 Å². The van der Waals surface area contributed by atoms with Gasteiger partial charge in [-0.05, 0) is 32.4 Å². The Morgan fingerprint density at radius 3 is 2.81 bits per heavy atom. The van der Waals surface area contributed by atoms with Crippen molar-refractivity contribution in [2.45, 2.75) is 39.2 Å². The van der Waals surface area contributed by atoms with Gasteiger partial charge in [-0.2, -0.15) is 5.10 Å². The highest BCUT2D eigenvalue weighted by Crippen LogP contribution is 2.35. The molecule has 1 aliphatic rings. The molecule has 2 heterocycles. The van der Waals surface area contributed by atoms with Gasteiger partial charge in [0, 0.05) is 6.20 Å². The average Bonchev–Trinajstić information content (AvgIpc) is 2.86. The van der Waals surface area contributed by atoms with Crippen molar-refractivity contribution >= 4 is 17.6 Å². The van der Waals surface area contributed by atoms with E-state index in [1.165, 1.54) is 10.9 Å². The fourth-order valence-electron chi connectivity index (χ4n) is 2.89. The zero-order valence-electron chi connectivity index (χ0n) is 12.3. The molecule has 1 fully saturated rings. The number of nitrogens with one attached hydrogen (secondary N) is 2. The molecule has 2 rings (SSSR count). The second-order valence-corrected chi connectivity index (χ2v) is 5.55. The summed E-state index contributed by atoms with van der Waals surface area (Å²) in [4.78, 5) is 23.2. The first-order valence-corrected chi connectivity index (χ1v) is 7.32. The van der Waals surface area contributed by atoms with Crippen molar-refractivity contribution in [3.8, 4) is 0 Å². The SMILES string of the molecule is CCCC1(C(=O)Nc2cnn(CC(=O)O)c2)CCNCC1. The molecule has 0 unspecified atom stereocenters. The average molecular weight is 294 g/mol. The predicted molar refractivity (Wildman–Crippen MR) is 77.9 cm³/mol. The van der Waals surface area contributed by atoms with Crippen molar-refractivity contribution in [2.75, 3.05) is 18.4 Å². The number of piperidine rings is 1. The number of aromatic nitrogens is 2. The number of aliphatic carboxylic acids is 1. The highest BCUT2D eigenvalue weighted by molar-refractivity contribution is 5.95. The summed E-state index contributed by atoms with van der Waals surface area (Å²) >= 11 is 0. The number of carboxylic acid groups (broad SMARTS) is 1. The molecule has 0 aromatic carbocycles. The van der Waals surface area contributed by atoms with Gasteiger partial charge in [0.25, 0.3) is 0 Å². The summed E-state index contributed by atoms with van der Waals surface area (Å²) in [6.07, 6.45) is 6.52. The third kappa shape index (κ3) is 3.81. The van der Waals surface area contributed by atoms with Gasteiger partial charge in [0.15, 0.2) is 0 Å². The van der Waals surface area contributed by atoms with E-state index in [9.17, 15) is 9.59 Å². The number of carboxylic acids is 1. The Balaban J connectivity index is 2.04. The van der Waals surface area contributed by atoms with Crippen LogP contribution >= 0.6 is 0 Å². The molecule has 21 heavy (non-hydrogen) atoms. The van der Waals surface area contributed by atoms with Gasteiger partial charge in [0.2, 0.25) is 5.91 Å². The van der Waals surface area contributed by atoms with Crippen LogP contribution in [0.3, 0.4) is 0 Å². The summed E-state index contributed by atoms with van der Waals surface area (Å²) in [6.45, 7) is 3.58. The maximum Gasteiger partial charge on any atom is 0.325 e. The van der Waals surface area contributed by atoms with Crippen molar-refractivity contribution in [2.24, 2.45) is 5.41 Å². The monoisotopic (exact) mass is 294 g/mol. The molecule has 0 radical (unpaired) electrons. The summed E-state index contributed by atoms with van der Waals surface area (Å²) in [7, 11) is 0. The number of hydrogen-bond acceptors (Lipinski definition) is 4. The Labute approximate surface area is 123 Å². The zero-order valence-corrected chi connectivity index (χ0v) is 12.3. The van der Waals surface area contributed by atoms with Crippen molar-refractivity contribution in [1.82, 2.24) is 15.1 Å². The molecular weight excluding hydrogens is 272 g/mol. The van der Waals surface area contributed by atoms with Gasteiger partial charge in [-0.3, -0.25) is 14.3 Å². The highest BCUT2D eigenvalue weighted by atomic mass is 16.4. The van der Waals surface area contributed by atoms with Gasteiger partial charge < -0.3 is 15.7 Å². The second-order valence-electron chi connectivity index (χ2n) is 5.55. The normalized spacial score (nSPS) is 17.4. The topological polar surface area (TPSA) is 96.2 Å². The van der Waals surface area contributed by atoms with E-state index < -0.39 is 5.97 Å². The molecule has 1 amide bonds. The maximum atomic E-state index is 12.6. The number of carbonyl (C=O) groups is 2. The number of carbonyl (C=O) groups excluding carboxylic acids is 1. The molecule has 7 heteroatoms. The van der Waals surface area contributed by atoms with E-state index in [-0.39, 0.29) is 17.9 Å². The maximum absolute atomic E-state index is 12.6. The van der Waals surface area contributed by atoms with Gasteiger partial charge in [-0.25, -0.2) is 0 Å². The minimum atomic E-state index is -0.961. The molecule has 0 saturated carbocycles. The van der Waals surface area contributed by atoms with Gasteiger partial charge >= 0.3 is 5.97 Å². The third-order valence-corrected chi connectivity index (χ3v) is 3.96. The lowest BCUT2D eigenvalue weighted by Gasteiger charge is -2.35. The van der Waals surface area contributed by atoms with Crippen LogP contribution in [-0.2, 0) is 16.1 Å². The summed E-state index contributed by atoms with van der Waals surface area (Å²) in [5.74, 6) is -0.947. The largest absolute Gasteiger partial charge is 0.480 e. The van der Waals surface area contributed by atoms with Crippen LogP contribution in [0.1, 0.15) is 32.6 Å². The van der Waals surface area contributed by atoms with E-state index in [2.05, 4.69) is 22.7 Å². The molecule has 3 N–H and O–H groups in total. The van der Waals surface area contributed by atoms with E-state index in [4.69, 9.17) is 5.11 Å². The Morgan fingerprint density at radius 1 is 1.48 bits per heavy atom. The van der Waals surface area contributed by atoms with Crippen LogP contribution in [0.4, 0.5) is 5.69 Å². The third-order valence-electron chi connectivity index (χ3n) is 3.96. The van der Waals surface area contributed by atoms with Gasteiger partial charge in [-0.15, -0.1) is 0 Å². The zero-order chi connectivity index (χ0) is 15.3. The van der Waals surface area contributed by atoms with Crippen molar-refractivity contribution in [3.63, 3.8) is 0 Å². The molecular formula is C14H22N4O3. The molecule has 1 saturated heterocycles. The predicted octanol–water partition coefficient (Wildman–Crippen LogP) is 1.08.